The van der Waals surface area contributed by atoms with Gasteiger partial charge in [-0.05, 0) is 38.3 Å². The highest BCUT2D eigenvalue weighted by Gasteiger charge is 2.26. The van der Waals surface area contributed by atoms with Crippen molar-refractivity contribution < 1.29 is 18.7 Å². The van der Waals surface area contributed by atoms with Gasteiger partial charge in [0, 0.05) is 32.7 Å². The number of ether oxygens (including phenoxy) is 2. The van der Waals surface area contributed by atoms with Crippen molar-refractivity contribution in [2.75, 3.05) is 39.5 Å². The van der Waals surface area contributed by atoms with Crippen LogP contribution in [-0.4, -0.2) is 56.4 Å². The van der Waals surface area contributed by atoms with Gasteiger partial charge in [0.25, 0.3) is 0 Å². The highest BCUT2D eigenvalue weighted by Crippen LogP contribution is 2.23. The summed E-state index contributed by atoms with van der Waals surface area (Å²) in [5, 5.41) is 3.07. The molecule has 24 heavy (non-hydrogen) atoms. The predicted octanol–water partition coefficient (Wildman–Crippen LogP) is 2.04. The molecule has 0 aliphatic carbocycles. The van der Waals surface area contributed by atoms with Crippen LogP contribution in [0.3, 0.4) is 0 Å². The van der Waals surface area contributed by atoms with Crippen LogP contribution < -0.4 is 5.32 Å². The van der Waals surface area contributed by atoms with Crippen molar-refractivity contribution in [1.82, 2.24) is 10.2 Å². The average molecular weight is 336 g/mol. The van der Waals surface area contributed by atoms with E-state index < -0.39 is 0 Å². The van der Waals surface area contributed by atoms with Crippen molar-refractivity contribution >= 4 is 5.91 Å². The first-order valence-electron chi connectivity index (χ1n) is 8.99. The molecular formula is C18H28N2O4. The van der Waals surface area contributed by atoms with E-state index in [-0.39, 0.29) is 18.1 Å². The summed E-state index contributed by atoms with van der Waals surface area (Å²) in [6.07, 6.45) is 3.79. The Morgan fingerprint density at radius 2 is 2.17 bits per heavy atom. The van der Waals surface area contributed by atoms with Crippen LogP contribution in [0.2, 0.25) is 0 Å². The molecule has 0 saturated carbocycles. The van der Waals surface area contributed by atoms with E-state index in [1.165, 1.54) is 0 Å². The molecule has 3 heterocycles. The van der Waals surface area contributed by atoms with Gasteiger partial charge in [-0.2, -0.15) is 0 Å². The number of nitrogens with zero attached hydrogens (tertiary/aromatic N) is 1. The number of carbonyl (C=O) groups excluding carboxylic acids is 1. The third-order valence-electron chi connectivity index (χ3n) is 4.79. The van der Waals surface area contributed by atoms with Crippen LogP contribution in [0, 0.1) is 6.92 Å². The first kappa shape index (κ1) is 17.5. The zero-order valence-corrected chi connectivity index (χ0v) is 14.5. The molecule has 1 N–H and O–H groups in total. The van der Waals surface area contributed by atoms with Crippen LogP contribution in [0.1, 0.15) is 43.2 Å². The molecule has 6 nitrogen and oxygen atoms in total. The summed E-state index contributed by atoms with van der Waals surface area (Å²) in [6.45, 7) is 6.51. The van der Waals surface area contributed by atoms with Gasteiger partial charge in [0.2, 0.25) is 5.91 Å². The number of nitrogens with one attached hydrogen (secondary N) is 1. The summed E-state index contributed by atoms with van der Waals surface area (Å²) < 4.78 is 16.8. The van der Waals surface area contributed by atoms with Gasteiger partial charge in [-0.3, -0.25) is 9.69 Å². The monoisotopic (exact) mass is 336 g/mol. The zero-order chi connectivity index (χ0) is 16.8. The lowest BCUT2D eigenvalue weighted by molar-refractivity contribution is -0.122. The Morgan fingerprint density at radius 3 is 2.83 bits per heavy atom. The number of morpholine rings is 1. The van der Waals surface area contributed by atoms with Gasteiger partial charge in [0.05, 0.1) is 25.4 Å². The molecule has 1 aromatic heterocycles. The van der Waals surface area contributed by atoms with E-state index in [4.69, 9.17) is 13.9 Å². The maximum atomic E-state index is 12.2. The molecule has 2 saturated heterocycles. The summed E-state index contributed by atoms with van der Waals surface area (Å²) in [4.78, 5) is 14.5. The third-order valence-corrected chi connectivity index (χ3v) is 4.79. The van der Waals surface area contributed by atoms with Crippen molar-refractivity contribution in [3.05, 3.63) is 23.7 Å². The van der Waals surface area contributed by atoms with Crippen LogP contribution in [0.15, 0.2) is 16.5 Å². The van der Waals surface area contributed by atoms with Gasteiger partial charge in [0.15, 0.2) is 0 Å². The lowest BCUT2D eigenvalue weighted by atomic mass is 10.1. The number of amides is 1. The van der Waals surface area contributed by atoms with E-state index in [0.717, 1.165) is 63.7 Å². The van der Waals surface area contributed by atoms with E-state index in [9.17, 15) is 4.79 Å². The summed E-state index contributed by atoms with van der Waals surface area (Å²) in [5.41, 5.74) is 0. The topological polar surface area (TPSA) is 63.9 Å². The number of hydrogen-bond donors (Lipinski definition) is 1. The Labute approximate surface area is 143 Å². The predicted molar refractivity (Wildman–Crippen MR) is 89.8 cm³/mol. The lowest BCUT2D eigenvalue weighted by Crippen LogP contribution is -2.43. The number of carbonyl (C=O) groups is 1. The second kappa shape index (κ2) is 8.65. The van der Waals surface area contributed by atoms with E-state index in [1.807, 2.05) is 19.1 Å². The Hall–Kier alpha value is -1.37. The standard InChI is InChI=1S/C18H28N2O4/c1-14-4-6-17(24-14)16(20-8-11-22-12-9-20)13-19-18(21)7-5-15-3-2-10-23-15/h4,6,15-16H,2-3,5,7-13H2,1H3,(H,19,21)/t15-,16-/m1/s1. The zero-order valence-electron chi connectivity index (χ0n) is 14.5. The molecule has 2 aliphatic rings. The Balaban J connectivity index is 1.52. The summed E-state index contributed by atoms with van der Waals surface area (Å²) in [7, 11) is 0. The van der Waals surface area contributed by atoms with Gasteiger partial charge in [-0.1, -0.05) is 0 Å². The number of hydrogen-bond acceptors (Lipinski definition) is 5. The van der Waals surface area contributed by atoms with Gasteiger partial charge in [0.1, 0.15) is 11.5 Å². The maximum Gasteiger partial charge on any atom is 0.220 e. The fourth-order valence-corrected chi connectivity index (χ4v) is 3.39. The Bertz CT molecular complexity index is 519. The molecule has 6 heteroatoms. The van der Waals surface area contributed by atoms with E-state index in [1.54, 1.807) is 0 Å². The minimum absolute atomic E-state index is 0.0641. The number of furan rings is 1. The molecule has 0 bridgehead atoms. The summed E-state index contributed by atoms with van der Waals surface area (Å²) in [5.74, 6) is 1.90. The molecule has 0 radical (unpaired) electrons. The van der Waals surface area contributed by atoms with Gasteiger partial charge in [-0.15, -0.1) is 0 Å². The molecule has 1 amide bonds. The highest BCUT2D eigenvalue weighted by atomic mass is 16.5. The third kappa shape index (κ3) is 4.82. The van der Waals surface area contributed by atoms with Crippen molar-refractivity contribution in [1.29, 1.82) is 0 Å². The maximum absolute atomic E-state index is 12.2. The van der Waals surface area contributed by atoms with Gasteiger partial charge in [-0.25, -0.2) is 0 Å². The van der Waals surface area contributed by atoms with E-state index in [2.05, 4.69) is 10.2 Å². The molecule has 2 aliphatic heterocycles. The quantitative estimate of drug-likeness (QED) is 0.825. The van der Waals surface area contributed by atoms with Gasteiger partial charge >= 0.3 is 0 Å². The largest absolute Gasteiger partial charge is 0.465 e. The number of rotatable bonds is 7. The van der Waals surface area contributed by atoms with Crippen LogP contribution >= 0.6 is 0 Å². The Morgan fingerprint density at radius 1 is 1.33 bits per heavy atom. The molecule has 2 fully saturated rings. The fraction of sp³-hybridized carbons (Fsp3) is 0.722. The first-order valence-corrected chi connectivity index (χ1v) is 8.99. The summed E-state index contributed by atoms with van der Waals surface area (Å²) in [6, 6.07) is 4.05. The molecule has 3 rings (SSSR count). The minimum Gasteiger partial charge on any atom is -0.465 e. The highest BCUT2D eigenvalue weighted by molar-refractivity contribution is 5.75. The van der Waals surface area contributed by atoms with Crippen molar-refractivity contribution in [2.24, 2.45) is 0 Å². The molecule has 134 valence electrons. The molecule has 0 unspecified atom stereocenters. The normalized spacial score (nSPS) is 23.3. The van der Waals surface area contributed by atoms with Crippen molar-refractivity contribution in [3.8, 4) is 0 Å². The van der Waals surface area contributed by atoms with E-state index in [0.29, 0.717) is 13.0 Å². The van der Waals surface area contributed by atoms with Crippen LogP contribution in [0.5, 0.6) is 0 Å². The van der Waals surface area contributed by atoms with Crippen molar-refractivity contribution in [2.45, 2.75) is 44.8 Å². The van der Waals surface area contributed by atoms with Crippen LogP contribution in [0.25, 0.3) is 0 Å². The lowest BCUT2D eigenvalue weighted by Gasteiger charge is -2.33. The second-order valence-corrected chi connectivity index (χ2v) is 6.59. The van der Waals surface area contributed by atoms with Gasteiger partial charge < -0.3 is 19.2 Å². The molecule has 0 aromatic carbocycles. The van der Waals surface area contributed by atoms with Crippen molar-refractivity contribution in [3.63, 3.8) is 0 Å². The SMILES string of the molecule is Cc1ccc([C@@H](CNC(=O)CC[C@H]2CCCO2)N2CCOCC2)o1. The molecular weight excluding hydrogens is 308 g/mol. The summed E-state index contributed by atoms with van der Waals surface area (Å²) >= 11 is 0. The smallest absolute Gasteiger partial charge is 0.220 e. The first-order chi connectivity index (χ1) is 11.7. The van der Waals surface area contributed by atoms with Crippen LogP contribution in [0.4, 0.5) is 0 Å². The Kier molecular flexibility index (Phi) is 6.29. The molecule has 0 spiro atoms. The molecule has 2 atom stereocenters. The molecule has 1 aromatic rings. The minimum atomic E-state index is 0.0641. The van der Waals surface area contributed by atoms with E-state index >= 15 is 0 Å². The number of aryl methyl sites for hydroxylation is 1. The fourth-order valence-electron chi connectivity index (χ4n) is 3.39. The average Bonchev–Trinajstić information content (AvgIpc) is 3.26. The second-order valence-electron chi connectivity index (χ2n) is 6.59. The van der Waals surface area contributed by atoms with Crippen LogP contribution in [-0.2, 0) is 14.3 Å².